The van der Waals surface area contributed by atoms with Crippen LogP contribution in [0.15, 0.2) is 48.7 Å². The number of aromatic nitrogens is 1. The summed E-state index contributed by atoms with van der Waals surface area (Å²) in [6, 6.07) is 8.86. The molecule has 3 aliphatic rings. The molecule has 7 heteroatoms. The molecule has 2 heterocycles. The molecule has 2 N–H and O–H groups in total. The first-order valence-electron chi connectivity index (χ1n) is 12.3. The van der Waals surface area contributed by atoms with Gasteiger partial charge in [-0.3, -0.25) is 4.98 Å². The number of nitrogens with zero attached hydrogens (tertiary/aromatic N) is 1. The lowest BCUT2D eigenvalue weighted by Gasteiger charge is -2.60. The van der Waals surface area contributed by atoms with E-state index in [0.29, 0.717) is 24.2 Å². The van der Waals surface area contributed by atoms with E-state index in [1.807, 2.05) is 19.1 Å². The Hall–Kier alpha value is -2.22. The molecule has 1 aromatic carbocycles. The number of fused-ring (bicyclic) bond motifs is 1. The van der Waals surface area contributed by atoms with Crippen molar-refractivity contribution in [2.45, 2.75) is 57.4 Å². The van der Waals surface area contributed by atoms with Gasteiger partial charge >= 0.3 is 6.18 Å². The fourth-order valence-corrected chi connectivity index (χ4v) is 6.89. The van der Waals surface area contributed by atoms with Crippen LogP contribution in [0.25, 0.3) is 17.2 Å². The van der Waals surface area contributed by atoms with Crippen molar-refractivity contribution in [2.75, 3.05) is 13.2 Å². The Balaban J connectivity index is 1.40. The highest BCUT2D eigenvalue weighted by Gasteiger charge is 2.66. The number of aliphatic hydroxyl groups is 2. The number of halogens is 3. The average molecular weight is 488 g/mol. The van der Waals surface area contributed by atoms with Gasteiger partial charge in [0, 0.05) is 23.1 Å². The van der Waals surface area contributed by atoms with Gasteiger partial charge in [-0.1, -0.05) is 38.1 Å². The molecule has 6 atom stereocenters. The van der Waals surface area contributed by atoms with E-state index in [2.05, 4.69) is 18.0 Å². The van der Waals surface area contributed by atoms with E-state index in [4.69, 9.17) is 4.74 Å². The van der Waals surface area contributed by atoms with Gasteiger partial charge in [-0.2, -0.15) is 13.2 Å². The highest BCUT2D eigenvalue weighted by atomic mass is 19.4. The van der Waals surface area contributed by atoms with Gasteiger partial charge in [0.2, 0.25) is 0 Å². The molecule has 1 aliphatic heterocycles. The van der Waals surface area contributed by atoms with Crippen molar-refractivity contribution < 1.29 is 28.1 Å². The smallest absolute Gasteiger partial charge is 0.396 e. The first-order valence-corrected chi connectivity index (χ1v) is 12.3. The minimum Gasteiger partial charge on any atom is -0.396 e. The van der Waals surface area contributed by atoms with Gasteiger partial charge in [-0.15, -0.1) is 0 Å². The summed E-state index contributed by atoms with van der Waals surface area (Å²) in [6.45, 7) is 4.93. The second-order valence-corrected chi connectivity index (χ2v) is 11.1. The molecule has 2 saturated carbocycles. The van der Waals surface area contributed by atoms with Crippen molar-refractivity contribution >= 4 is 6.08 Å². The first kappa shape index (κ1) is 24.5. The molecule has 0 radical (unpaired) electrons. The summed E-state index contributed by atoms with van der Waals surface area (Å²) in [5, 5.41) is 20.9. The number of alkyl halides is 3. The van der Waals surface area contributed by atoms with E-state index >= 15 is 0 Å². The summed E-state index contributed by atoms with van der Waals surface area (Å²) < 4.78 is 45.2. The second kappa shape index (κ2) is 8.43. The van der Waals surface area contributed by atoms with Crippen LogP contribution >= 0.6 is 0 Å². The van der Waals surface area contributed by atoms with Crippen molar-refractivity contribution in [1.29, 1.82) is 0 Å². The minimum atomic E-state index is -4.39. The largest absolute Gasteiger partial charge is 0.416 e. The Morgan fingerprint density at radius 2 is 1.89 bits per heavy atom. The van der Waals surface area contributed by atoms with E-state index in [-0.39, 0.29) is 29.5 Å². The SMILES string of the molecule is C[C@]1(CO)[C@H]2CC[C@@]3(CO3)[C@@H](/C=C/c3ccc(-c4cccc(C(F)(F)F)c4)cn3)[C@]2(C)CC[C@H]1O. The number of aliphatic hydroxyl groups excluding tert-OH is 2. The van der Waals surface area contributed by atoms with Crippen LogP contribution in [-0.2, 0) is 10.9 Å². The molecule has 1 spiro atoms. The van der Waals surface area contributed by atoms with Crippen LogP contribution in [0, 0.1) is 22.7 Å². The molecule has 1 aromatic heterocycles. The summed E-state index contributed by atoms with van der Waals surface area (Å²) in [7, 11) is 0. The van der Waals surface area contributed by atoms with Gasteiger partial charge in [0.1, 0.15) is 0 Å². The molecule has 35 heavy (non-hydrogen) atoms. The minimum absolute atomic E-state index is 0.0444. The molecular weight excluding hydrogens is 455 g/mol. The van der Waals surface area contributed by atoms with Gasteiger partial charge in [0.05, 0.1) is 36.2 Å². The normalized spacial score (nSPS) is 36.9. The lowest BCUT2D eigenvalue weighted by molar-refractivity contribution is -0.166. The van der Waals surface area contributed by atoms with Gasteiger partial charge in [-0.05, 0) is 66.9 Å². The maximum atomic E-state index is 13.1. The van der Waals surface area contributed by atoms with Crippen molar-refractivity contribution in [3.05, 3.63) is 59.9 Å². The predicted octanol–water partition coefficient (Wildman–Crippen LogP) is 5.74. The summed E-state index contributed by atoms with van der Waals surface area (Å²) in [5.41, 5.74) is 0.280. The molecule has 0 unspecified atom stereocenters. The van der Waals surface area contributed by atoms with Crippen molar-refractivity contribution in [1.82, 2.24) is 4.98 Å². The molecule has 1 saturated heterocycles. The average Bonchev–Trinajstić information content (AvgIpc) is 3.61. The molecule has 5 rings (SSSR count). The summed E-state index contributed by atoms with van der Waals surface area (Å²) in [4.78, 5) is 4.49. The number of hydrogen-bond acceptors (Lipinski definition) is 4. The van der Waals surface area contributed by atoms with Crippen LogP contribution in [0.3, 0.4) is 0 Å². The number of epoxide rings is 1. The van der Waals surface area contributed by atoms with Gasteiger partial charge < -0.3 is 14.9 Å². The Morgan fingerprint density at radius 1 is 1.11 bits per heavy atom. The standard InChI is InChI=1S/C28H32F3NO3/c1-25-12-11-24(34)26(2,16-33)22(25)10-13-27(17-35-27)23(25)9-8-21-7-6-19(15-32-21)18-4-3-5-20(14-18)28(29,30)31/h3-9,14-15,22-24,33-34H,10-13,16-17H2,1-2H3/b9-8+/t22-,23-,24+,25+,26-,27+/m0/s1. The topological polar surface area (TPSA) is 65.9 Å². The molecule has 0 bridgehead atoms. The third kappa shape index (κ3) is 4.11. The van der Waals surface area contributed by atoms with Gasteiger partial charge in [0.15, 0.2) is 0 Å². The van der Waals surface area contributed by atoms with Gasteiger partial charge in [0.25, 0.3) is 0 Å². The number of rotatable bonds is 4. The number of pyridine rings is 1. The third-order valence-corrected chi connectivity index (χ3v) is 9.07. The summed E-state index contributed by atoms with van der Waals surface area (Å²) in [6.07, 6.45) is 4.15. The highest BCUT2D eigenvalue weighted by molar-refractivity contribution is 5.64. The molecule has 0 amide bonds. The Kier molecular flexibility index (Phi) is 5.89. The quantitative estimate of drug-likeness (QED) is 0.540. The van der Waals surface area contributed by atoms with Crippen molar-refractivity contribution in [3.63, 3.8) is 0 Å². The van der Waals surface area contributed by atoms with E-state index in [0.717, 1.165) is 37.1 Å². The zero-order valence-corrected chi connectivity index (χ0v) is 20.1. The Labute approximate surface area is 203 Å². The number of ether oxygens (including phenoxy) is 1. The fraction of sp³-hybridized carbons (Fsp3) is 0.536. The maximum Gasteiger partial charge on any atom is 0.416 e. The van der Waals surface area contributed by atoms with E-state index in [1.165, 1.54) is 6.07 Å². The van der Waals surface area contributed by atoms with E-state index < -0.39 is 23.3 Å². The molecule has 4 nitrogen and oxygen atoms in total. The molecule has 3 fully saturated rings. The number of benzene rings is 1. The maximum absolute atomic E-state index is 13.1. The first-order chi connectivity index (χ1) is 16.5. The summed E-state index contributed by atoms with van der Waals surface area (Å²) in [5.74, 6) is 0.293. The van der Waals surface area contributed by atoms with Crippen LogP contribution < -0.4 is 0 Å². The third-order valence-electron chi connectivity index (χ3n) is 9.07. The molecule has 2 aliphatic carbocycles. The fourth-order valence-electron chi connectivity index (χ4n) is 6.89. The van der Waals surface area contributed by atoms with Gasteiger partial charge in [-0.25, -0.2) is 0 Å². The Morgan fingerprint density at radius 3 is 2.51 bits per heavy atom. The van der Waals surface area contributed by atoms with Crippen LogP contribution in [0.4, 0.5) is 13.2 Å². The van der Waals surface area contributed by atoms with E-state index in [1.54, 1.807) is 18.3 Å². The number of hydrogen-bond donors (Lipinski definition) is 2. The monoisotopic (exact) mass is 487 g/mol. The molecular formula is C28H32F3NO3. The predicted molar refractivity (Wildman–Crippen MR) is 127 cm³/mol. The zero-order valence-electron chi connectivity index (χ0n) is 20.1. The highest BCUT2D eigenvalue weighted by Crippen LogP contribution is 2.65. The molecule has 2 aromatic rings. The summed E-state index contributed by atoms with van der Waals surface area (Å²) >= 11 is 0. The van der Waals surface area contributed by atoms with Crippen LogP contribution in [-0.4, -0.2) is 40.1 Å². The van der Waals surface area contributed by atoms with Crippen LogP contribution in [0.2, 0.25) is 0 Å². The lowest BCUT2D eigenvalue weighted by Crippen LogP contribution is -2.60. The van der Waals surface area contributed by atoms with E-state index in [9.17, 15) is 23.4 Å². The van der Waals surface area contributed by atoms with Crippen molar-refractivity contribution in [2.24, 2.45) is 22.7 Å². The lowest BCUT2D eigenvalue weighted by atomic mass is 9.45. The van der Waals surface area contributed by atoms with Crippen molar-refractivity contribution in [3.8, 4) is 11.1 Å². The second-order valence-electron chi connectivity index (χ2n) is 11.1. The Bertz CT molecular complexity index is 1110. The zero-order chi connectivity index (χ0) is 25.1. The van der Waals surface area contributed by atoms with Crippen LogP contribution in [0.1, 0.15) is 50.8 Å². The molecule has 188 valence electrons. The van der Waals surface area contributed by atoms with Crippen LogP contribution in [0.5, 0.6) is 0 Å².